The third-order valence-corrected chi connectivity index (χ3v) is 1.37. The van der Waals surface area contributed by atoms with Crippen molar-refractivity contribution in [3.8, 4) is 5.75 Å². The number of allylic oxidation sites excluding steroid dienone is 2. The molecular formula is C10H11NO. The van der Waals surface area contributed by atoms with Gasteiger partial charge in [-0.25, -0.2) is 0 Å². The van der Waals surface area contributed by atoms with Crippen molar-refractivity contribution in [1.29, 1.82) is 0 Å². The molecule has 1 N–H and O–H groups in total. The molecule has 0 aromatic heterocycles. The molecule has 0 radical (unpaired) electrons. The third kappa shape index (κ3) is 2.23. The number of nitrogens with zero attached hydrogens (tertiary/aromatic N) is 1. The van der Waals surface area contributed by atoms with Gasteiger partial charge in [-0.1, -0.05) is 18.2 Å². The van der Waals surface area contributed by atoms with Crippen LogP contribution < -0.4 is 0 Å². The van der Waals surface area contributed by atoms with Crippen molar-refractivity contribution in [2.45, 2.75) is 6.92 Å². The predicted octanol–water partition coefficient (Wildman–Crippen LogP) is 2.67. The summed E-state index contributed by atoms with van der Waals surface area (Å²) in [5.41, 5.74) is 0.593. The van der Waals surface area contributed by atoms with Crippen LogP contribution in [-0.2, 0) is 0 Å². The Bertz CT molecular complexity index is 302. The number of phenols is 1. The Morgan fingerprint density at radius 1 is 1.33 bits per heavy atom. The molecule has 0 heterocycles. The number of rotatable bonds is 2. The number of phenolic OH excluding ortho intramolecular Hbond substituents is 1. The van der Waals surface area contributed by atoms with Gasteiger partial charge < -0.3 is 5.11 Å². The second kappa shape index (κ2) is 4.34. The molecule has 0 aliphatic rings. The summed E-state index contributed by atoms with van der Waals surface area (Å²) in [7, 11) is 0. The Labute approximate surface area is 71.9 Å². The summed E-state index contributed by atoms with van der Waals surface area (Å²) >= 11 is 0. The van der Waals surface area contributed by atoms with Crippen molar-refractivity contribution in [2.24, 2.45) is 4.99 Å². The second-order valence-electron chi connectivity index (χ2n) is 2.29. The minimum absolute atomic E-state index is 0.207. The zero-order valence-electron chi connectivity index (χ0n) is 6.94. The second-order valence-corrected chi connectivity index (χ2v) is 2.29. The zero-order valence-corrected chi connectivity index (χ0v) is 6.94. The van der Waals surface area contributed by atoms with Gasteiger partial charge in [0.25, 0.3) is 0 Å². The quantitative estimate of drug-likeness (QED) is 0.664. The lowest BCUT2D eigenvalue weighted by molar-refractivity contribution is 0.477. The van der Waals surface area contributed by atoms with E-state index in [4.69, 9.17) is 0 Å². The van der Waals surface area contributed by atoms with Gasteiger partial charge >= 0.3 is 0 Å². The molecule has 2 nitrogen and oxygen atoms in total. The lowest BCUT2D eigenvalue weighted by Gasteiger charge is -1.94. The predicted molar refractivity (Wildman–Crippen MR) is 51.1 cm³/mol. The summed E-state index contributed by atoms with van der Waals surface area (Å²) in [5, 5.41) is 9.27. The maximum Gasteiger partial charge on any atom is 0.141 e. The fourth-order valence-corrected chi connectivity index (χ4v) is 0.783. The van der Waals surface area contributed by atoms with Crippen LogP contribution in [0.2, 0.25) is 0 Å². The van der Waals surface area contributed by atoms with Crippen LogP contribution in [0.3, 0.4) is 0 Å². The van der Waals surface area contributed by atoms with Gasteiger partial charge in [-0.2, -0.15) is 0 Å². The van der Waals surface area contributed by atoms with E-state index in [1.807, 2.05) is 25.1 Å². The third-order valence-electron chi connectivity index (χ3n) is 1.37. The molecule has 62 valence electrons. The Morgan fingerprint density at radius 3 is 2.75 bits per heavy atom. The Hall–Kier alpha value is -1.57. The molecule has 0 aliphatic heterocycles. The molecule has 0 fully saturated rings. The first kappa shape index (κ1) is 8.53. The van der Waals surface area contributed by atoms with E-state index in [1.54, 1.807) is 24.4 Å². The van der Waals surface area contributed by atoms with Crippen LogP contribution in [0.1, 0.15) is 6.92 Å². The van der Waals surface area contributed by atoms with E-state index in [2.05, 4.69) is 4.99 Å². The average molecular weight is 161 g/mol. The van der Waals surface area contributed by atoms with Crippen molar-refractivity contribution in [1.82, 2.24) is 0 Å². The van der Waals surface area contributed by atoms with Crippen molar-refractivity contribution in [2.75, 3.05) is 0 Å². The first-order chi connectivity index (χ1) is 5.84. The molecule has 0 spiro atoms. The SMILES string of the molecule is C/C=C/C=Nc1ccccc1O. The van der Waals surface area contributed by atoms with Crippen molar-refractivity contribution in [3.63, 3.8) is 0 Å². The topological polar surface area (TPSA) is 32.6 Å². The number of aliphatic imine (C=N–C) groups is 1. The molecule has 1 aromatic rings. The van der Waals surface area contributed by atoms with Crippen LogP contribution in [0.25, 0.3) is 0 Å². The van der Waals surface area contributed by atoms with E-state index in [0.717, 1.165) is 0 Å². The van der Waals surface area contributed by atoms with Gasteiger partial charge in [-0.15, -0.1) is 0 Å². The fourth-order valence-electron chi connectivity index (χ4n) is 0.783. The smallest absolute Gasteiger partial charge is 0.141 e. The summed E-state index contributed by atoms with van der Waals surface area (Å²) in [6.07, 6.45) is 5.34. The fraction of sp³-hybridized carbons (Fsp3) is 0.100. The highest BCUT2D eigenvalue weighted by Gasteiger charge is 1.92. The van der Waals surface area contributed by atoms with Gasteiger partial charge in [-0.3, -0.25) is 4.99 Å². The summed E-state index contributed by atoms with van der Waals surface area (Å²) in [5.74, 6) is 0.207. The Morgan fingerprint density at radius 2 is 2.08 bits per heavy atom. The standard InChI is InChI=1S/C10H11NO/c1-2-3-8-11-9-6-4-5-7-10(9)12/h2-8,12H,1H3/b3-2+,11-8?. The van der Waals surface area contributed by atoms with E-state index in [-0.39, 0.29) is 5.75 Å². The van der Waals surface area contributed by atoms with Gasteiger partial charge in [0.1, 0.15) is 11.4 Å². The number of aromatic hydroxyl groups is 1. The highest BCUT2D eigenvalue weighted by Crippen LogP contribution is 2.24. The van der Waals surface area contributed by atoms with Gasteiger partial charge in [0.2, 0.25) is 0 Å². The molecule has 0 unspecified atom stereocenters. The average Bonchev–Trinajstić information content (AvgIpc) is 2.09. The van der Waals surface area contributed by atoms with Gasteiger partial charge in [0.05, 0.1) is 0 Å². The molecule has 2 heteroatoms. The van der Waals surface area contributed by atoms with E-state index >= 15 is 0 Å². The van der Waals surface area contributed by atoms with Crippen LogP contribution in [0, 0.1) is 0 Å². The van der Waals surface area contributed by atoms with Crippen LogP contribution in [-0.4, -0.2) is 11.3 Å². The normalized spacial score (nSPS) is 11.4. The van der Waals surface area contributed by atoms with Crippen LogP contribution in [0.4, 0.5) is 5.69 Å². The van der Waals surface area contributed by atoms with Crippen LogP contribution in [0.15, 0.2) is 41.4 Å². The van der Waals surface area contributed by atoms with E-state index < -0.39 is 0 Å². The monoisotopic (exact) mass is 161 g/mol. The van der Waals surface area contributed by atoms with Crippen molar-refractivity contribution >= 4 is 11.9 Å². The minimum atomic E-state index is 0.207. The maximum absolute atomic E-state index is 9.27. The molecular weight excluding hydrogens is 150 g/mol. The van der Waals surface area contributed by atoms with Gasteiger partial charge in [0, 0.05) is 6.21 Å². The number of para-hydroxylation sites is 2. The highest BCUT2D eigenvalue weighted by molar-refractivity contribution is 5.75. The molecule has 0 bridgehead atoms. The zero-order chi connectivity index (χ0) is 8.81. The highest BCUT2D eigenvalue weighted by atomic mass is 16.3. The Kier molecular flexibility index (Phi) is 3.08. The molecule has 0 aliphatic carbocycles. The van der Waals surface area contributed by atoms with E-state index in [9.17, 15) is 5.11 Å². The summed E-state index contributed by atoms with van der Waals surface area (Å²) in [6.45, 7) is 1.91. The first-order valence-electron chi connectivity index (χ1n) is 3.78. The lowest BCUT2D eigenvalue weighted by Crippen LogP contribution is -1.68. The number of hydrogen-bond acceptors (Lipinski definition) is 2. The molecule has 0 atom stereocenters. The molecule has 1 rings (SSSR count). The first-order valence-corrected chi connectivity index (χ1v) is 3.78. The Balaban J connectivity index is 2.82. The molecule has 0 amide bonds. The molecule has 0 saturated heterocycles. The summed E-state index contributed by atoms with van der Waals surface area (Å²) in [6, 6.07) is 6.98. The number of benzene rings is 1. The van der Waals surface area contributed by atoms with E-state index in [0.29, 0.717) is 5.69 Å². The molecule has 1 aromatic carbocycles. The van der Waals surface area contributed by atoms with Crippen molar-refractivity contribution < 1.29 is 5.11 Å². The van der Waals surface area contributed by atoms with Crippen LogP contribution >= 0.6 is 0 Å². The van der Waals surface area contributed by atoms with E-state index in [1.165, 1.54) is 0 Å². The minimum Gasteiger partial charge on any atom is -0.506 e. The summed E-state index contributed by atoms with van der Waals surface area (Å²) in [4.78, 5) is 4.03. The number of hydrogen-bond donors (Lipinski definition) is 1. The largest absolute Gasteiger partial charge is 0.506 e. The van der Waals surface area contributed by atoms with Crippen molar-refractivity contribution in [3.05, 3.63) is 36.4 Å². The lowest BCUT2D eigenvalue weighted by atomic mass is 10.3. The van der Waals surface area contributed by atoms with Gasteiger partial charge in [-0.05, 0) is 25.1 Å². The molecule has 0 saturated carbocycles. The summed E-state index contributed by atoms with van der Waals surface area (Å²) < 4.78 is 0. The van der Waals surface area contributed by atoms with Crippen LogP contribution in [0.5, 0.6) is 5.75 Å². The maximum atomic E-state index is 9.27. The molecule has 12 heavy (non-hydrogen) atoms. The van der Waals surface area contributed by atoms with Gasteiger partial charge in [0.15, 0.2) is 0 Å².